The number of carbonyl (C=O) groups is 2. The lowest BCUT2D eigenvalue weighted by molar-refractivity contribution is -0.143. The highest BCUT2D eigenvalue weighted by Gasteiger charge is 2.09. The molecule has 5 nitrogen and oxygen atoms in total. The fourth-order valence-corrected chi connectivity index (χ4v) is 1.40. The number of hydrogen-bond donors (Lipinski definition) is 1. The molecule has 1 aromatic carbocycles. The van der Waals surface area contributed by atoms with E-state index >= 15 is 0 Å². The van der Waals surface area contributed by atoms with E-state index in [1.54, 1.807) is 18.2 Å². The van der Waals surface area contributed by atoms with Crippen molar-refractivity contribution in [2.24, 2.45) is 0 Å². The summed E-state index contributed by atoms with van der Waals surface area (Å²) >= 11 is 5.91. The Bertz CT molecular complexity index is 481. The van der Waals surface area contributed by atoms with E-state index < -0.39 is 11.9 Å². The van der Waals surface area contributed by atoms with Crippen LogP contribution in [0.3, 0.4) is 0 Å². The van der Waals surface area contributed by atoms with Crippen molar-refractivity contribution in [1.29, 1.82) is 0 Å². The van der Waals surface area contributed by atoms with E-state index in [1.807, 2.05) is 0 Å². The average Bonchev–Trinajstić information content (AvgIpc) is 2.34. The quantitative estimate of drug-likeness (QED) is 0.654. The second-order valence-corrected chi connectivity index (χ2v) is 3.60. The SMILES string of the molecule is COC(=O)COc1c(Cl)cccc1/C=C/C(=O)O. The van der Waals surface area contributed by atoms with Crippen molar-refractivity contribution in [2.75, 3.05) is 13.7 Å². The van der Waals surface area contributed by atoms with Crippen LogP contribution in [0.4, 0.5) is 0 Å². The number of rotatable bonds is 5. The summed E-state index contributed by atoms with van der Waals surface area (Å²) < 4.78 is 9.63. The Kier molecular flexibility index (Phi) is 5.20. The molecule has 96 valence electrons. The van der Waals surface area contributed by atoms with Gasteiger partial charge in [-0.3, -0.25) is 0 Å². The van der Waals surface area contributed by atoms with Gasteiger partial charge in [0.15, 0.2) is 6.61 Å². The van der Waals surface area contributed by atoms with Crippen molar-refractivity contribution in [3.8, 4) is 5.75 Å². The molecule has 18 heavy (non-hydrogen) atoms. The Hall–Kier alpha value is -2.01. The number of halogens is 1. The third-order valence-electron chi connectivity index (χ3n) is 1.96. The van der Waals surface area contributed by atoms with Crippen molar-refractivity contribution < 1.29 is 24.2 Å². The zero-order valence-corrected chi connectivity index (χ0v) is 10.3. The molecule has 0 spiro atoms. The van der Waals surface area contributed by atoms with Gasteiger partial charge in [-0.2, -0.15) is 0 Å². The topological polar surface area (TPSA) is 72.8 Å². The van der Waals surface area contributed by atoms with Gasteiger partial charge in [0, 0.05) is 11.6 Å². The molecule has 0 atom stereocenters. The van der Waals surface area contributed by atoms with E-state index in [0.29, 0.717) is 5.56 Å². The van der Waals surface area contributed by atoms with Gasteiger partial charge in [-0.15, -0.1) is 0 Å². The zero-order valence-electron chi connectivity index (χ0n) is 9.55. The number of ether oxygens (including phenoxy) is 2. The molecule has 1 aromatic rings. The average molecular weight is 271 g/mol. The van der Waals surface area contributed by atoms with Crippen LogP contribution in [-0.2, 0) is 14.3 Å². The number of carbonyl (C=O) groups excluding carboxylic acids is 1. The number of benzene rings is 1. The first-order valence-corrected chi connectivity index (χ1v) is 5.31. The van der Waals surface area contributed by atoms with Crippen molar-refractivity contribution in [2.45, 2.75) is 0 Å². The third kappa shape index (κ3) is 4.10. The van der Waals surface area contributed by atoms with Gasteiger partial charge < -0.3 is 14.6 Å². The smallest absolute Gasteiger partial charge is 0.343 e. The number of esters is 1. The standard InChI is InChI=1S/C12H11ClO5/c1-17-11(16)7-18-12-8(5-6-10(14)15)3-2-4-9(12)13/h2-6H,7H2,1H3,(H,14,15)/b6-5+. The molecule has 0 aliphatic rings. The molecule has 0 heterocycles. The van der Waals surface area contributed by atoms with Crippen molar-refractivity contribution in [3.05, 3.63) is 34.9 Å². The maximum Gasteiger partial charge on any atom is 0.343 e. The molecule has 0 fully saturated rings. The molecule has 0 aliphatic heterocycles. The van der Waals surface area contributed by atoms with Crippen LogP contribution in [0.15, 0.2) is 24.3 Å². The minimum Gasteiger partial charge on any atom is -0.480 e. The van der Waals surface area contributed by atoms with Gasteiger partial charge in [0.2, 0.25) is 0 Å². The van der Waals surface area contributed by atoms with E-state index in [2.05, 4.69) is 4.74 Å². The first-order chi connectivity index (χ1) is 8.54. The Morgan fingerprint density at radius 1 is 1.44 bits per heavy atom. The Balaban J connectivity index is 2.93. The predicted molar refractivity (Wildman–Crippen MR) is 65.6 cm³/mol. The van der Waals surface area contributed by atoms with E-state index in [1.165, 1.54) is 13.2 Å². The first kappa shape index (κ1) is 14.1. The molecule has 0 bridgehead atoms. The van der Waals surface area contributed by atoms with Gasteiger partial charge >= 0.3 is 11.9 Å². The van der Waals surface area contributed by atoms with Gasteiger partial charge in [0.25, 0.3) is 0 Å². The molecule has 6 heteroatoms. The lowest BCUT2D eigenvalue weighted by Gasteiger charge is -2.09. The molecule has 0 amide bonds. The van der Waals surface area contributed by atoms with Gasteiger partial charge in [0.05, 0.1) is 12.1 Å². The number of carboxylic acids is 1. The van der Waals surface area contributed by atoms with Crippen LogP contribution >= 0.6 is 11.6 Å². The Labute approximate surface area is 109 Å². The van der Waals surface area contributed by atoms with Crippen LogP contribution < -0.4 is 4.74 Å². The minimum absolute atomic E-state index is 0.238. The number of methoxy groups -OCH3 is 1. The van der Waals surface area contributed by atoms with Gasteiger partial charge in [-0.25, -0.2) is 9.59 Å². The summed E-state index contributed by atoms with van der Waals surface area (Å²) in [5.74, 6) is -1.40. The van der Waals surface area contributed by atoms with Gasteiger partial charge in [0.1, 0.15) is 5.75 Å². The van der Waals surface area contributed by atoms with Crippen LogP contribution in [0.25, 0.3) is 6.08 Å². The number of aliphatic carboxylic acids is 1. The second kappa shape index (κ2) is 6.66. The van der Waals surface area contributed by atoms with E-state index in [0.717, 1.165) is 6.08 Å². The van der Waals surface area contributed by atoms with Gasteiger partial charge in [-0.05, 0) is 12.1 Å². The lowest BCUT2D eigenvalue weighted by Crippen LogP contribution is -2.13. The van der Waals surface area contributed by atoms with Crippen LogP contribution in [0.1, 0.15) is 5.56 Å². The minimum atomic E-state index is -1.09. The summed E-state index contributed by atoms with van der Waals surface area (Å²) in [4.78, 5) is 21.4. The summed E-state index contributed by atoms with van der Waals surface area (Å²) in [5.41, 5.74) is 0.466. The van der Waals surface area contributed by atoms with E-state index in [-0.39, 0.29) is 17.4 Å². The Morgan fingerprint density at radius 2 is 2.17 bits per heavy atom. The molecule has 0 unspecified atom stereocenters. The fraction of sp³-hybridized carbons (Fsp3) is 0.167. The Morgan fingerprint density at radius 3 is 2.78 bits per heavy atom. The maximum atomic E-state index is 11.0. The molecule has 1 rings (SSSR count). The highest BCUT2D eigenvalue weighted by molar-refractivity contribution is 6.32. The van der Waals surface area contributed by atoms with Crippen LogP contribution in [0.2, 0.25) is 5.02 Å². The summed E-state index contributed by atoms with van der Waals surface area (Å²) in [6.07, 6.45) is 2.29. The molecular formula is C12H11ClO5. The molecule has 0 aliphatic carbocycles. The van der Waals surface area contributed by atoms with Crippen LogP contribution in [0, 0.1) is 0 Å². The third-order valence-corrected chi connectivity index (χ3v) is 2.26. The van der Waals surface area contributed by atoms with E-state index in [4.69, 9.17) is 21.4 Å². The van der Waals surface area contributed by atoms with Crippen molar-refractivity contribution in [3.63, 3.8) is 0 Å². The second-order valence-electron chi connectivity index (χ2n) is 3.19. The number of carboxylic acid groups (broad SMARTS) is 1. The van der Waals surface area contributed by atoms with Gasteiger partial charge in [-0.1, -0.05) is 23.7 Å². The van der Waals surface area contributed by atoms with Crippen LogP contribution in [0.5, 0.6) is 5.75 Å². The number of hydrogen-bond acceptors (Lipinski definition) is 4. The molecule has 1 N–H and O–H groups in total. The van der Waals surface area contributed by atoms with Crippen molar-refractivity contribution >= 4 is 29.6 Å². The predicted octanol–water partition coefficient (Wildman–Crippen LogP) is 1.99. The molecule has 0 saturated heterocycles. The molecule has 0 aromatic heterocycles. The lowest BCUT2D eigenvalue weighted by atomic mass is 10.2. The largest absolute Gasteiger partial charge is 0.480 e. The molecule has 0 saturated carbocycles. The highest BCUT2D eigenvalue weighted by atomic mass is 35.5. The summed E-state index contributed by atoms with van der Waals surface area (Å²) in [6.45, 7) is -0.297. The fourth-order valence-electron chi connectivity index (χ4n) is 1.16. The van der Waals surface area contributed by atoms with Crippen LogP contribution in [-0.4, -0.2) is 30.8 Å². The summed E-state index contributed by atoms with van der Waals surface area (Å²) in [6, 6.07) is 4.85. The van der Waals surface area contributed by atoms with Crippen molar-refractivity contribution in [1.82, 2.24) is 0 Å². The molecule has 0 radical (unpaired) electrons. The maximum absolute atomic E-state index is 11.0. The summed E-state index contributed by atoms with van der Waals surface area (Å²) in [5, 5.41) is 8.84. The zero-order chi connectivity index (χ0) is 13.5. The normalized spacial score (nSPS) is 10.3. The first-order valence-electron chi connectivity index (χ1n) is 4.93. The summed E-state index contributed by atoms with van der Waals surface area (Å²) in [7, 11) is 1.24. The highest BCUT2D eigenvalue weighted by Crippen LogP contribution is 2.29. The molecular weight excluding hydrogens is 260 g/mol. The monoisotopic (exact) mass is 270 g/mol. The van der Waals surface area contributed by atoms with E-state index in [9.17, 15) is 9.59 Å². The number of para-hydroxylation sites is 1.